The van der Waals surface area contributed by atoms with Crippen LogP contribution in [0.1, 0.15) is 11.1 Å². The van der Waals surface area contributed by atoms with Crippen molar-refractivity contribution in [1.29, 1.82) is 10.5 Å². The molecule has 0 fully saturated rings. The second-order valence-electron chi connectivity index (χ2n) is 10.4. The summed E-state index contributed by atoms with van der Waals surface area (Å²) >= 11 is 0. The van der Waals surface area contributed by atoms with Crippen LogP contribution in [0.4, 0.5) is 0 Å². The predicted molar refractivity (Wildman–Crippen MR) is 170 cm³/mol. The van der Waals surface area contributed by atoms with E-state index in [2.05, 4.69) is 137 Å². The van der Waals surface area contributed by atoms with Gasteiger partial charge < -0.3 is 9.13 Å². The van der Waals surface area contributed by atoms with Gasteiger partial charge in [-0.05, 0) is 60.2 Å². The number of para-hydroxylation sites is 4. The summed E-state index contributed by atoms with van der Waals surface area (Å²) in [6.45, 7) is 0. The Balaban J connectivity index is 1.59. The van der Waals surface area contributed by atoms with Crippen LogP contribution in [0.25, 0.3) is 66.1 Å². The minimum Gasteiger partial charge on any atom is -0.309 e. The van der Waals surface area contributed by atoms with Crippen molar-refractivity contribution in [2.45, 2.75) is 0 Å². The molecule has 2 heterocycles. The third-order valence-corrected chi connectivity index (χ3v) is 8.14. The molecule has 6 aromatic carbocycles. The molecule has 0 saturated carbocycles. The highest BCUT2D eigenvalue weighted by Crippen LogP contribution is 2.42. The Kier molecular flexibility index (Phi) is 5.22. The van der Waals surface area contributed by atoms with Gasteiger partial charge in [-0.15, -0.1) is 0 Å². The smallest absolute Gasteiger partial charge is 0.0992 e. The highest BCUT2D eigenvalue weighted by Gasteiger charge is 2.22. The molecule has 0 N–H and O–H groups in total. The molecule has 8 aromatic rings. The number of benzene rings is 6. The van der Waals surface area contributed by atoms with E-state index >= 15 is 0 Å². The van der Waals surface area contributed by atoms with Gasteiger partial charge in [-0.2, -0.15) is 10.5 Å². The molecule has 0 unspecified atom stereocenters. The van der Waals surface area contributed by atoms with Gasteiger partial charge >= 0.3 is 0 Å². The molecule has 0 spiro atoms. The van der Waals surface area contributed by atoms with Gasteiger partial charge in [-0.1, -0.05) is 78.9 Å². The summed E-state index contributed by atoms with van der Waals surface area (Å²) in [6.07, 6.45) is 0. The molecule has 0 atom stereocenters. The first-order chi connectivity index (χ1) is 20.8. The van der Waals surface area contributed by atoms with Crippen LogP contribution in [0.3, 0.4) is 0 Å². The number of nitriles is 2. The largest absolute Gasteiger partial charge is 0.309 e. The molecule has 0 aliphatic heterocycles. The van der Waals surface area contributed by atoms with E-state index in [0.29, 0.717) is 11.1 Å². The zero-order chi connectivity index (χ0) is 28.2. The van der Waals surface area contributed by atoms with Crippen LogP contribution in [-0.4, -0.2) is 9.13 Å². The molecule has 4 nitrogen and oxygen atoms in total. The fraction of sp³-hybridized carbons (Fsp3) is 0. The minimum absolute atomic E-state index is 0.453. The lowest BCUT2D eigenvalue weighted by atomic mass is 9.96. The normalized spacial score (nSPS) is 11.3. The van der Waals surface area contributed by atoms with E-state index in [9.17, 15) is 10.5 Å². The quantitative estimate of drug-likeness (QED) is 0.227. The first kappa shape index (κ1) is 23.8. The van der Waals surface area contributed by atoms with Crippen LogP contribution >= 0.6 is 0 Å². The molecule has 194 valence electrons. The van der Waals surface area contributed by atoms with Crippen LogP contribution in [0, 0.1) is 22.7 Å². The molecule has 2 aromatic heterocycles. The Labute approximate surface area is 242 Å². The Bertz CT molecular complexity index is 2170. The highest BCUT2D eigenvalue weighted by atomic mass is 15.0. The molecular weight excluding hydrogens is 512 g/mol. The molecule has 0 amide bonds. The summed E-state index contributed by atoms with van der Waals surface area (Å²) in [7, 11) is 0. The topological polar surface area (TPSA) is 57.4 Å². The van der Waals surface area contributed by atoms with E-state index in [-0.39, 0.29) is 0 Å². The van der Waals surface area contributed by atoms with Crippen molar-refractivity contribution in [3.05, 3.63) is 145 Å². The maximum Gasteiger partial charge on any atom is 0.0992 e. The van der Waals surface area contributed by atoms with Gasteiger partial charge in [0.2, 0.25) is 0 Å². The Morgan fingerprint density at radius 3 is 1.12 bits per heavy atom. The van der Waals surface area contributed by atoms with Gasteiger partial charge in [-0.25, -0.2) is 0 Å². The highest BCUT2D eigenvalue weighted by molar-refractivity contribution is 6.11. The Morgan fingerprint density at radius 2 is 0.762 bits per heavy atom. The first-order valence-electron chi connectivity index (χ1n) is 13.8. The van der Waals surface area contributed by atoms with Crippen molar-refractivity contribution in [1.82, 2.24) is 9.13 Å². The SMILES string of the molecule is N#Cc1cc(C#N)cc(-c2c(-n3c4ccccc4c4ccccc43)cccc2-n2c3ccccc3c3ccccc32)c1. The summed E-state index contributed by atoms with van der Waals surface area (Å²) in [6, 6.07) is 50.2. The van der Waals surface area contributed by atoms with E-state index < -0.39 is 0 Å². The standard InChI is InChI=1S/C38H22N4/c39-23-25-20-26(24-40)22-27(21-25)38-36(41-32-14-5-1-10-28(32)29-11-2-6-15-33(29)41)18-9-19-37(38)42-34-16-7-3-12-30(34)31-13-4-8-17-35(31)42/h1-22H. The average Bonchev–Trinajstić information content (AvgIpc) is 3.57. The fourth-order valence-corrected chi connectivity index (χ4v) is 6.46. The van der Waals surface area contributed by atoms with Crippen molar-refractivity contribution in [3.63, 3.8) is 0 Å². The number of nitrogens with zero attached hydrogens (tertiary/aromatic N) is 4. The van der Waals surface area contributed by atoms with Crippen LogP contribution < -0.4 is 0 Å². The molecular formula is C38H22N4. The fourth-order valence-electron chi connectivity index (χ4n) is 6.46. The second-order valence-corrected chi connectivity index (χ2v) is 10.4. The lowest BCUT2D eigenvalue weighted by Gasteiger charge is -2.20. The van der Waals surface area contributed by atoms with Gasteiger partial charge in [-0.3, -0.25) is 0 Å². The summed E-state index contributed by atoms with van der Waals surface area (Å²) in [5.74, 6) is 0. The molecule has 4 heteroatoms. The van der Waals surface area contributed by atoms with Crippen molar-refractivity contribution < 1.29 is 0 Å². The maximum absolute atomic E-state index is 9.93. The second kappa shape index (κ2) is 9.24. The zero-order valence-electron chi connectivity index (χ0n) is 22.5. The van der Waals surface area contributed by atoms with Gasteiger partial charge in [0.05, 0.1) is 56.7 Å². The number of rotatable bonds is 3. The minimum atomic E-state index is 0.453. The third-order valence-electron chi connectivity index (χ3n) is 8.14. The van der Waals surface area contributed by atoms with Gasteiger partial charge in [0.15, 0.2) is 0 Å². The van der Waals surface area contributed by atoms with Crippen molar-refractivity contribution in [3.8, 4) is 34.6 Å². The zero-order valence-corrected chi connectivity index (χ0v) is 22.5. The van der Waals surface area contributed by atoms with E-state index in [1.165, 1.54) is 21.5 Å². The lowest BCUT2D eigenvalue weighted by Crippen LogP contribution is -2.04. The van der Waals surface area contributed by atoms with Gasteiger partial charge in [0, 0.05) is 27.1 Å². The van der Waals surface area contributed by atoms with Gasteiger partial charge in [0.25, 0.3) is 0 Å². The Morgan fingerprint density at radius 1 is 0.405 bits per heavy atom. The number of fused-ring (bicyclic) bond motifs is 6. The Hall–Kier alpha value is -6.10. The summed E-state index contributed by atoms with van der Waals surface area (Å²) in [4.78, 5) is 0. The van der Waals surface area contributed by atoms with E-state index in [1.807, 2.05) is 12.1 Å². The van der Waals surface area contributed by atoms with Crippen LogP contribution in [-0.2, 0) is 0 Å². The molecule has 0 saturated heterocycles. The molecule has 8 rings (SSSR count). The van der Waals surface area contributed by atoms with Crippen LogP contribution in [0.5, 0.6) is 0 Å². The summed E-state index contributed by atoms with van der Waals surface area (Å²) < 4.78 is 4.62. The number of hydrogen-bond donors (Lipinski definition) is 0. The molecule has 0 aliphatic carbocycles. The summed E-state index contributed by atoms with van der Waals surface area (Å²) in [5.41, 5.74) is 9.00. The van der Waals surface area contributed by atoms with Crippen LogP contribution in [0.15, 0.2) is 133 Å². The predicted octanol–water partition coefficient (Wildman–Crippen LogP) is 9.29. The lowest BCUT2D eigenvalue weighted by molar-refractivity contribution is 1.14. The van der Waals surface area contributed by atoms with E-state index in [0.717, 1.165) is 44.6 Å². The van der Waals surface area contributed by atoms with Crippen LogP contribution in [0.2, 0.25) is 0 Å². The van der Waals surface area contributed by atoms with Crippen molar-refractivity contribution in [2.24, 2.45) is 0 Å². The average molecular weight is 535 g/mol. The van der Waals surface area contributed by atoms with E-state index in [1.54, 1.807) is 6.07 Å². The monoisotopic (exact) mass is 534 g/mol. The van der Waals surface area contributed by atoms with E-state index in [4.69, 9.17) is 0 Å². The van der Waals surface area contributed by atoms with Gasteiger partial charge in [0.1, 0.15) is 0 Å². The maximum atomic E-state index is 9.93. The van der Waals surface area contributed by atoms with Crippen molar-refractivity contribution >= 4 is 43.6 Å². The van der Waals surface area contributed by atoms with Crippen molar-refractivity contribution in [2.75, 3.05) is 0 Å². The summed E-state index contributed by atoms with van der Waals surface area (Å²) in [5, 5.41) is 24.5. The number of hydrogen-bond acceptors (Lipinski definition) is 2. The first-order valence-corrected chi connectivity index (χ1v) is 13.8. The molecule has 42 heavy (non-hydrogen) atoms. The molecule has 0 bridgehead atoms. The number of aromatic nitrogens is 2. The third kappa shape index (κ3) is 3.40. The molecule has 0 radical (unpaired) electrons. The molecule has 0 aliphatic rings.